The smallest absolute Gasteiger partial charge is 0.341 e. The van der Waals surface area contributed by atoms with Gasteiger partial charge in [-0.15, -0.1) is 0 Å². The lowest BCUT2D eigenvalue weighted by atomic mass is 9.82. The summed E-state index contributed by atoms with van der Waals surface area (Å²) in [6, 6.07) is 15.9. The van der Waals surface area contributed by atoms with Gasteiger partial charge in [0.15, 0.2) is 6.61 Å². The average molecular weight is 367 g/mol. The van der Waals surface area contributed by atoms with Gasteiger partial charge in [-0.3, -0.25) is 10.3 Å². The molecule has 2 aromatic carbocycles. The summed E-state index contributed by atoms with van der Waals surface area (Å²) in [6.45, 7) is 0.234. The Balaban J connectivity index is 1.43. The van der Waals surface area contributed by atoms with Crippen LogP contribution in [-0.2, 0) is 29.1 Å². The average Bonchev–Trinajstić information content (AvgIpc) is 2.69. The summed E-state index contributed by atoms with van der Waals surface area (Å²) in [5.74, 6) is 0.327. The number of carboxylic acids is 1. The molecule has 0 saturated carbocycles. The van der Waals surface area contributed by atoms with Gasteiger partial charge in [0.2, 0.25) is 0 Å². The van der Waals surface area contributed by atoms with Crippen LogP contribution in [0.2, 0.25) is 0 Å². The standard InChI is InChI=1S/C22H25NO4/c24-22(25)16-26-21-10-4-9-19-14-17(11-12-20(19)21)8-5-13-23-27-15-18-6-2-1-3-7-18/h1-7,9-10,13,17,23H,8,11-12,14-16H2,(H,24,25). The Morgan fingerprint density at radius 1 is 1.19 bits per heavy atom. The van der Waals surface area contributed by atoms with Crippen molar-refractivity contribution >= 4 is 5.97 Å². The van der Waals surface area contributed by atoms with Crippen molar-refractivity contribution in [2.45, 2.75) is 32.3 Å². The molecule has 1 aliphatic rings. The predicted octanol–water partition coefficient (Wildman–Crippen LogP) is 3.88. The minimum Gasteiger partial charge on any atom is -0.482 e. The Morgan fingerprint density at radius 3 is 2.85 bits per heavy atom. The molecule has 3 rings (SSSR count). The number of hydrogen-bond donors (Lipinski definition) is 2. The van der Waals surface area contributed by atoms with Crippen molar-refractivity contribution < 1.29 is 19.5 Å². The summed E-state index contributed by atoms with van der Waals surface area (Å²) in [6.07, 6.45) is 7.89. The summed E-state index contributed by atoms with van der Waals surface area (Å²) in [7, 11) is 0. The molecular weight excluding hydrogens is 342 g/mol. The number of carbonyl (C=O) groups is 1. The first-order valence-corrected chi connectivity index (χ1v) is 9.24. The SMILES string of the molecule is O=C(O)COc1cccc2c1CCC(CC=CNOCc1ccccc1)C2. The van der Waals surface area contributed by atoms with Crippen molar-refractivity contribution in [2.75, 3.05) is 6.61 Å². The molecule has 0 saturated heterocycles. The van der Waals surface area contributed by atoms with Crippen molar-refractivity contribution in [1.29, 1.82) is 0 Å². The predicted molar refractivity (Wildman–Crippen MR) is 103 cm³/mol. The maximum Gasteiger partial charge on any atom is 0.341 e. The molecule has 0 bridgehead atoms. The first kappa shape index (κ1) is 19.0. The number of hydrogen-bond acceptors (Lipinski definition) is 4. The number of ether oxygens (including phenoxy) is 1. The summed E-state index contributed by atoms with van der Waals surface area (Å²) in [5, 5.41) is 8.80. The highest BCUT2D eigenvalue weighted by molar-refractivity contribution is 5.68. The van der Waals surface area contributed by atoms with E-state index in [2.05, 4.69) is 17.6 Å². The van der Waals surface area contributed by atoms with Gasteiger partial charge in [-0.2, -0.15) is 0 Å². The second-order valence-corrected chi connectivity index (χ2v) is 6.72. The van der Waals surface area contributed by atoms with E-state index in [1.54, 1.807) is 0 Å². The molecule has 1 atom stereocenters. The van der Waals surface area contributed by atoms with Crippen LogP contribution in [-0.4, -0.2) is 17.7 Å². The van der Waals surface area contributed by atoms with E-state index in [0.717, 1.165) is 36.8 Å². The molecular formula is C22H25NO4. The first-order chi connectivity index (χ1) is 13.2. The van der Waals surface area contributed by atoms with E-state index in [0.29, 0.717) is 18.3 Å². The monoisotopic (exact) mass is 367 g/mol. The molecule has 0 fully saturated rings. The molecule has 1 aliphatic carbocycles. The van der Waals surface area contributed by atoms with E-state index in [1.165, 1.54) is 5.56 Å². The number of carboxylic acid groups (broad SMARTS) is 1. The number of fused-ring (bicyclic) bond motifs is 1. The molecule has 0 aromatic heterocycles. The molecule has 5 nitrogen and oxygen atoms in total. The number of rotatable bonds is 9. The van der Waals surface area contributed by atoms with Gasteiger partial charge >= 0.3 is 5.97 Å². The first-order valence-electron chi connectivity index (χ1n) is 9.24. The fourth-order valence-corrected chi connectivity index (χ4v) is 3.38. The van der Waals surface area contributed by atoms with E-state index in [1.807, 2.05) is 48.7 Å². The number of aliphatic carboxylic acids is 1. The zero-order chi connectivity index (χ0) is 18.9. The van der Waals surface area contributed by atoms with Crippen molar-refractivity contribution in [1.82, 2.24) is 5.48 Å². The highest BCUT2D eigenvalue weighted by Crippen LogP contribution is 2.33. The zero-order valence-electron chi connectivity index (χ0n) is 15.3. The molecule has 0 radical (unpaired) electrons. The third-order valence-electron chi connectivity index (χ3n) is 4.71. The second-order valence-electron chi connectivity index (χ2n) is 6.72. The zero-order valence-corrected chi connectivity index (χ0v) is 15.3. The second kappa shape index (κ2) is 9.78. The minimum absolute atomic E-state index is 0.294. The van der Waals surface area contributed by atoms with Gasteiger partial charge in [0, 0.05) is 6.20 Å². The Hall–Kier alpha value is -2.79. The summed E-state index contributed by atoms with van der Waals surface area (Å²) < 4.78 is 5.42. The highest BCUT2D eigenvalue weighted by Gasteiger charge is 2.20. The number of benzene rings is 2. The molecule has 0 spiro atoms. The van der Waals surface area contributed by atoms with Crippen LogP contribution in [0.15, 0.2) is 60.8 Å². The Morgan fingerprint density at radius 2 is 2.04 bits per heavy atom. The number of hydroxylamine groups is 1. The maximum absolute atomic E-state index is 10.7. The maximum atomic E-state index is 10.7. The number of allylic oxidation sites excluding steroid dienone is 1. The molecule has 0 heterocycles. The summed E-state index contributed by atoms with van der Waals surface area (Å²) >= 11 is 0. The van der Waals surface area contributed by atoms with Gasteiger partial charge in [0.25, 0.3) is 0 Å². The Kier molecular flexibility index (Phi) is 6.88. The lowest BCUT2D eigenvalue weighted by molar-refractivity contribution is -0.139. The van der Waals surface area contributed by atoms with Gasteiger partial charge in [0.05, 0.1) is 6.61 Å². The van der Waals surface area contributed by atoms with Gasteiger partial charge in [-0.05, 0) is 54.4 Å². The fraction of sp³-hybridized carbons (Fsp3) is 0.318. The van der Waals surface area contributed by atoms with Crippen LogP contribution >= 0.6 is 0 Å². The summed E-state index contributed by atoms with van der Waals surface area (Å²) in [4.78, 5) is 16.1. The quantitative estimate of drug-likeness (QED) is 0.520. The number of nitrogens with one attached hydrogen (secondary N) is 1. The van der Waals surface area contributed by atoms with Crippen molar-refractivity contribution in [3.8, 4) is 5.75 Å². The molecule has 5 heteroatoms. The van der Waals surface area contributed by atoms with Gasteiger partial charge < -0.3 is 9.84 Å². The molecule has 27 heavy (non-hydrogen) atoms. The van der Waals surface area contributed by atoms with Crippen LogP contribution in [0.25, 0.3) is 0 Å². The lowest BCUT2D eigenvalue weighted by Crippen LogP contribution is -2.17. The van der Waals surface area contributed by atoms with E-state index in [4.69, 9.17) is 14.7 Å². The highest BCUT2D eigenvalue weighted by atomic mass is 16.6. The topological polar surface area (TPSA) is 67.8 Å². The molecule has 1 unspecified atom stereocenters. The van der Waals surface area contributed by atoms with Crippen LogP contribution in [0.4, 0.5) is 0 Å². The molecule has 0 amide bonds. The van der Waals surface area contributed by atoms with E-state index in [-0.39, 0.29) is 6.61 Å². The van der Waals surface area contributed by atoms with Gasteiger partial charge in [-0.25, -0.2) is 4.79 Å². The van der Waals surface area contributed by atoms with Crippen LogP contribution in [0, 0.1) is 5.92 Å². The molecule has 2 aromatic rings. The van der Waals surface area contributed by atoms with Crippen LogP contribution < -0.4 is 10.2 Å². The van der Waals surface area contributed by atoms with Crippen molar-refractivity contribution in [2.24, 2.45) is 5.92 Å². The van der Waals surface area contributed by atoms with E-state index in [9.17, 15) is 4.79 Å². The van der Waals surface area contributed by atoms with E-state index < -0.39 is 5.97 Å². The normalized spacial score (nSPS) is 16.1. The van der Waals surface area contributed by atoms with E-state index >= 15 is 0 Å². The van der Waals surface area contributed by atoms with Crippen LogP contribution in [0.5, 0.6) is 5.75 Å². The minimum atomic E-state index is -0.951. The Labute approximate surface area is 159 Å². The van der Waals surface area contributed by atoms with Gasteiger partial charge in [0.1, 0.15) is 5.75 Å². The van der Waals surface area contributed by atoms with Gasteiger partial charge in [-0.1, -0.05) is 48.5 Å². The largest absolute Gasteiger partial charge is 0.482 e. The molecule has 142 valence electrons. The molecule has 2 N–H and O–H groups in total. The molecule has 0 aliphatic heterocycles. The van der Waals surface area contributed by atoms with Crippen molar-refractivity contribution in [3.63, 3.8) is 0 Å². The van der Waals surface area contributed by atoms with Crippen LogP contribution in [0.1, 0.15) is 29.5 Å². The van der Waals surface area contributed by atoms with Crippen LogP contribution in [0.3, 0.4) is 0 Å². The third kappa shape index (κ3) is 5.86. The fourth-order valence-electron chi connectivity index (χ4n) is 3.38. The Bertz CT molecular complexity index is 773. The summed E-state index contributed by atoms with van der Waals surface area (Å²) in [5.41, 5.74) is 6.42. The van der Waals surface area contributed by atoms with Crippen molar-refractivity contribution in [3.05, 3.63) is 77.5 Å². The third-order valence-corrected chi connectivity index (χ3v) is 4.71. The lowest BCUT2D eigenvalue weighted by Gasteiger charge is -2.25.